The van der Waals surface area contributed by atoms with E-state index >= 15 is 0 Å². The standard InChI is InChI=1S/C45H31BN2O/c1-45(2)33-16-5-3-13-29(33)30-26-25-28(27-34(30)45)47-37-19-8-6-17-35(37)46-36-18-7-9-20-38(36)48(40-22-12-21-39(47)43(40)46)41-23-11-15-32-31-14-4-10-24-42(31)49-44(32)41/h3-27H,1-2H3. The van der Waals surface area contributed by atoms with Gasteiger partial charge in [-0.15, -0.1) is 0 Å². The first-order chi connectivity index (χ1) is 24.1. The van der Waals surface area contributed by atoms with Gasteiger partial charge in [0, 0.05) is 44.6 Å². The molecule has 8 aromatic rings. The maximum atomic E-state index is 6.65. The molecule has 0 fully saturated rings. The number of para-hydroxylation sites is 4. The minimum absolute atomic E-state index is 0.0864. The predicted octanol–water partition coefficient (Wildman–Crippen LogP) is 9.97. The van der Waals surface area contributed by atoms with E-state index in [0.29, 0.717) is 0 Å². The predicted molar refractivity (Wildman–Crippen MR) is 205 cm³/mol. The molecule has 1 aromatic heterocycles. The van der Waals surface area contributed by atoms with E-state index in [1.54, 1.807) is 0 Å². The molecule has 4 heteroatoms. The number of fused-ring (bicyclic) bond motifs is 10. The quantitative estimate of drug-likeness (QED) is 0.178. The normalized spacial score (nSPS) is 14.8. The van der Waals surface area contributed by atoms with Crippen molar-refractivity contribution in [2.45, 2.75) is 19.3 Å². The Morgan fingerprint density at radius 2 is 1.08 bits per heavy atom. The lowest BCUT2D eigenvalue weighted by Crippen LogP contribution is -2.61. The van der Waals surface area contributed by atoms with Gasteiger partial charge in [0.1, 0.15) is 5.58 Å². The molecule has 0 bridgehead atoms. The molecule has 0 N–H and O–H groups in total. The zero-order chi connectivity index (χ0) is 32.4. The van der Waals surface area contributed by atoms with Crippen molar-refractivity contribution in [3.8, 4) is 11.1 Å². The van der Waals surface area contributed by atoms with Crippen molar-refractivity contribution in [3.63, 3.8) is 0 Å². The summed E-state index contributed by atoms with van der Waals surface area (Å²) in [6.07, 6.45) is 0. The lowest BCUT2D eigenvalue weighted by molar-refractivity contribution is 0.660. The summed E-state index contributed by atoms with van der Waals surface area (Å²) in [5, 5.41) is 2.27. The summed E-state index contributed by atoms with van der Waals surface area (Å²) in [5.74, 6) is 0. The summed E-state index contributed by atoms with van der Waals surface area (Å²) in [5.41, 5.74) is 18.2. The second-order valence-electron chi connectivity index (χ2n) is 14.1. The lowest BCUT2D eigenvalue weighted by Gasteiger charge is -2.44. The lowest BCUT2D eigenvalue weighted by atomic mass is 9.33. The van der Waals surface area contributed by atoms with Crippen molar-refractivity contribution in [1.82, 2.24) is 0 Å². The molecule has 2 aliphatic heterocycles. The second-order valence-corrected chi connectivity index (χ2v) is 14.1. The van der Waals surface area contributed by atoms with E-state index < -0.39 is 0 Å². The molecule has 7 aromatic carbocycles. The maximum absolute atomic E-state index is 6.65. The van der Waals surface area contributed by atoms with Crippen LogP contribution in [-0.4, -0.2) is 6.71 Å². The summed E-state index contributed by atoms with van der Waals surface area (Å²) < 4.78 is 6.65. The SMILES string of the molecule is CC1(C)c2ccccc2-c2ccc(N3c4ccccc4B4c5ccccc5N(c5cccc6c5oc5ccccc56)c5cccc3c54)cc21. The van der Waals surface area contributed by atoms with Crippen molar-refractivity contribution in [2.75, 3.05) is 9.80 Å². The zero-order valence-corrected chi connectivity index (χ0v) is 27.3. The van der Waals surface area contributed by atoms with E-state index in [2.05, 4.69) is 169 Å². The fourth-order valence-electron chi connectivity index (χ4n) is 9.11. The van der Waals surface area contributed by atoms with Crippen molar-refractivity contribution < 1.29 is 4.42 Å². The number of rotatable bonds is 2. The smallest absolute Gasteiger partial charge is 0.252 e. The number of nitrogens with zero attached hydrogens (tertiary/aromatic N) is 2. The van der Waals surface area contributed by atoms with Gasteiger partial charge in [0.25, 0.3) is 6.71 Å². The van der Waals surface area contributed by atoms with Gasteiger partial charge in [0.2, 0.25) is 0 Å². The molecule has 0 radical (unpaired) electrons. The molecule has 230 valence electrons. The molecule has 0 saturated heterocycles. The van der Waals surface area contributed by atoms with Crippen molar-refractivity contribution in [1.29, 1.82) is 0 Å². The first-order valence-electron chi connectivity index (χ1n) is 17.2. The Bertz CT molecular complexity index is 2690. The van der Waals surface area contributed by atoms with Gasteiger partial charge in [-0.2, -0.15) is 0 Å². The Morgan fingerprint density at radius 1 is 0.490 bits per heavy atom. The average Bonchev–Trinajstić information content (AvgIpc) is 3.64. The molecule has 0 unspecified atom stereocenters. The fraction of sp³-hybridized carbons (Fsp3) is 0.0667. The van der Waals surface area contributed by atoms with Crippen LogP contribution in [0.5, 0.6) is 0 Å². The molecule has 3 nitrogen and oxygen atoms in total. The Labute approximate surface area is 285 Å². The summed E-state index contributed by atoms with van der Waals surface area (Å²) in [7, 11) is 0. The first-order valence-corrected chi connectivity index (χ1v) is 17.2. The van der Waals surface area contributed by atoms with Crippen LogP contribution >= 0.6 is 0 Å². The number of anilines is 6. The van der Waals surface area contributed by atoms with Gasteiger partial charge in [-0.3, -0.25) is 0 Å². The van der Waals surface area contributed by atoms with Crippen LogP contribution in [0.4, 0.5) is 34.1 Å². The van der Waals surface area contributed by atoms with Crippen LogP contribution in [-0.2, 0) is 5.41 Å². The van der Waals surface area contributed by atoms with Crippen LogP contribution in [0.25, 0.3) is 33.1 Å². The molecule has 0 atom stereocenters. The van der Waals surface area contributed by atoms with E-state index in [4.69, 9.17) is 4.42 Å². The van der Waals surface area contributed by atoms with E-state index in [9.17, 15) is 0 Å². The van der Waals surface area contributed by atoms with Crippen LogP contribution in [0, 0.1) is 0 Å². The number of hydrogen-bond acceptors (Lipinski definition) is 3. The van der Waals surface area contributed by atoms with Crippen molar-refractivity contribution in [2.24, 2.45) is 0 Å². The van der Waals surface area contributed by atoms with Crippen LogP contribution in [0.3, 0.4) is 0 Å². The van der Waals surface area contributed by atoms with Gasteiger partial charge in [0.15, 0.2) is 5.58 Å². The minimum Gasteiger partial charge on any atom is -0.454 e. The molecule has 1 aliphatic carbocycles. The Kier molecular flexibility index (Phi) is 5.26. The van der Waals surface area contributed by atoms with E-state index in [0.717, 1.165) is 27.6 Å². The number of furan rings is 1. The van der Waals surface area contributed by atoms with Crippen molar-refractivity contribution in [3.05, 3.63) is 163 Å². The molecule has 49 heavy (non-hydrogen) atoms. The summed E-state index contributed by atoms with van der Waals surface area (Å²) in [4.78, 5) is 4.93. The highest BCUT2D eigenvalue weighted by Crippen LogP contribution is 2.51. The maximum Gasteiger partial charge on any atom is 0.252 e. The zero-order valence-electron chi connectivity index (χ0n) is 27.3. The molecular formula is C45H31BN2O. The molecule has 0 saturated carbocycles. The molecule has 0 amide bonds. The van der Waals surface area contributed by atoms with Crippen LogP contribution in [0.15, 0.2) is 156 Å². The Morgan fingerprint density at radius 3 is 1.92 bits per heavy atom. The average molecular weight is 627 g/mol. The monoisotopic (exact) mass is 626 g/mol. The second kappa shape index (κ2) is 9.55. The largest absolute Gasteiger partial charge is 0.454 e. The topological polar surface area (TPSA) is 19.6 Å². The highest BCUT2D eigenvalue weighted by atomic mass is 16.3. The molecule has 0 spiro atoms. The van der Waals surface area contributed by atoms with Gasteiger partial charge < -0.3 is 14.2 Å². The molecule has 3 aliphatic rings. The number of benzene rings is 7. The molecule has 3 heterocycles. The third-order valence-corrected chi connectivity index (χ3v) is 11.3. The van der Waals surface area contributed by atoms with Gasteiger partial charge in [-0.25, -0.2) is 0 Å². The third-order valence-electron chi connectivity index (χ3n) is 11.3. The van der Waals surface area contributed by atoms with E-state index in [1.807, 2.05) is 6.07 Å². The minimum atomic E-state index is -0.0864. The molecular weight excluding hydrogens is 595 g/mol. The van der Waals surface area contributed by atoms with Gasteiger partial charge in [-0.1, -0.05) is 117 Å². The summed E-state index contributed by atoms with van der Waals surface area (Å²) >= 11 is 0. The van der Waals surface area contributed by atoms with E-state index in [-0.39, 0.29) is 12.1 Å². The summed E-state index contributed by atoms with van der Waals surface area (Å²) in [6.45, 7) is 4.81. The van der Waals surface area contributed by atoms with Gasteiger partial charge in [0.05, 0.1) is 5.69 Å². The van der Waals surface area contributed by atoms with Crippen LogP contribution in [0.1, 0.15) is 25.0 Å². The highest BCUT2D eigenvalue weighted by Gasteiger charge is 2.44. The first kappa shape index (κ1) is 27.0. The van der Waals surface area contributed by atoms with E-state index in [1.165, 1.54) is 67.1 Å². The van der Waals surface area contributed by atoms with Crippen LogP contribution < -0.4 is 26.2 Å². The fourth-order valence-corrected chi connectivity index (χ4v) is 9.11. The van der Waals surface area contributed by atoms with Gasteiger partial charge >= 0.3 is 0 Å². The highest BCUT2D eigenvalue weighted by molar-refractivity contribution is 7.00. The van der Waals surface area contributed by atoms with Crippen LogP contribution in [0.2, 0.25) is 0 Å². The van der Waals surface area contributed by atoms with Crippen molar-refractivity contribution >= 4 is 79.2 Å². The summed E-state index contributed by atoms with van der Waals surface area (Å²) in [6, 6.07) is 55.6. The Balaban J connectivity index is 1.18. The third kappa shape index (κ3) is 3.48. The number of hydrogen-bond donors (Lipinski definition) is 0. The molecule has 11 rings (SSSR count). The van der Waals surface area contributed by atoms with Gasteiger partial charge in [-0.05, 0) is 87.2 Å². The Hall–Kier alpha value is -6.00.